The fourth-order valence-corrected chi connectivity index (χ4v) is 6.65. The number of hydrogen-bond donors (Lipinski definition) is 0. The van der Waals surface area contributed by atoms with E-state index in [1.54, 1.807) is 11.3 Å². The first-order valence-electron chi connectivity index (χ1n) is 10.8. The van der Waals surface area contributed by atoms with Crippen molar-refractivity contribution in [2.45, 2.75) is 56.9 Å². The van der Waals surface area contributed by atoms with Crippen LogP contribution in [0.25, 0.3) is 0 Å². The predicted molar refractivity (Wildman–Crippen MR) is 117 cm³/mol. The summed E-state index contributed by atoms with van der Waals surface area (Å²) in [6.07, 6.45) is 11.1. The predicted octanol–water partition coefficient (Wildman–Crippen LogP) is 3.83. The largest absolute Gasteiger partial charge is 0.347 e. The summed E-state index contributed by atoms with van der Waals surface area (Å²) < 4.78 is 0. The lowest BCUT2D eigenvalue weighted by atomic mass is 9.99. The van der Waals surface area contributed by atoms with Gasteiger partial charge in [-0.2, -0.15) is 0 Å². The number of anilines is 2. The minimum Gasteiger partial charge on any atom is -0.347 e. The lowest BCUT2D eigenvalue weighted by molar-refractivity contribution is 0.141. The number of thiazole rings is 1. The van der Waals surface area contributed by atoms with Crippen molar-refractivity contribution in [1.29, 1.82) is 0 Å². The van der Waals surface area contributed by atoms with Crippen molar-refractivity contribution in [2.24, 2.45) is 0 Å². The number of piperidine rings is 3. The molecule has 0 saturated carbocycles. The van der Waals surface area contributed by atoms with Crippen LogP contribution >= 0.6 is 22.7 Å². The number of nitrogens with zero attached hydrogens (tertiary/aromatic N) is 6. The quantitative estimate of drug-likeness (QED) is 0.752. The van der Waals surface area contributed by atoms with Gasteiger partial charge in [0.25, 0.3) is 0 Å². The van der Waals surface area contributed by atoms with Gasteiger partial charge >= 0.3 is 0 Å². The van der Waals surface area contributed by atoms with E-state index in [0.717, 1.165) is 42.5 Å². The fourth-order valence-electron chi connectivity index (χ4n) is 4.95. The minimum atomic E-state index is 0.495. The number of hydrogen-bond acceptors (Lipinski definition) is 8. The van der Waals surface area contributed by atoms with Crippen molar-refractivity contribution >= 4 is 32.9 Å². The first-order chi connectivity index (χ1) is 13.9. The van der Waals surface area contributed by atoms with Crippen LogP contribution in [0.3, 0.4) is 0 Å². The van der Waals surface area contributed by atoms with Gasteiger partial charge in [-0.05, 0) is 51.6 Å². The second-order valence-corrected chi connectivity index (χ2v) is 10.2. The molecule has 0 spiro atoms. The van der Waals surface area contributed by atoms with Crippen LogP contribution in [0.15, 0.2) is 11.6 Å². The molecule has 0 bridgehead atoms. The van der Waals surface area contributed by atoms with Crippen molar-refractivity contribution in [3.63, 3.8) is 0 Å². The van der Waals surface area contributed by atoms with Crippen LogP contribution in [-0.4, -0.2) is 65.4 Å². The van der Waals surface area contributed by atoms with Crippen molar-refractivity contribution in [1.82, 2.24) is 20.1 Å². The molecule has 5 heterocycles. The van der Waals surface area contributed by atoms with Crippen molar-refractivity contribution in [3.8, 4) is 0 Å². The Morgan fingerprint density at radius 1 is 0.821 bits per heavy atom. The molecule has 2 aromatic heterocycles. The average Bonchev–Trinajstić information content (AvgIpc) is 3.47. The summed E-state index contributed by atoms with van der Waals surface area (Å²) in [6, 6.07) is 0.786. The summed E-state index contributed by atoms with van der Waals surface area (Å²) in [5.41, 5.74) is 0. The Bertz CT molecular complexity index is 734. The monoisotopic (exact) mass is 418 g/mol. The van der Waals surface area contributed by atoms with Gasteiger partial charge in [-0.15, -0.1) is 21.5 Å². The Balaban J connectivity index is 1.18. The molecule has 2 aromatic rings. The maximum atomic E-state index is 4.61. The van der Waals surface area contributed by atoms with E-state index in [2.05, 4.69) is 35.3 Å². The third-order valence-corrected chi connectivity index (χ3v) is 8.51. The zero-order valence-electron chi connectivity index (χ0n) is 16.5. The molecule has 0 N–H and O–H groups in total. The summed E-state index contributed by atoms with van der Waals surface area (Å²) in [5.74, 6) is 0.495. The molecule has 6 nitrogen and oxygen atoms in total. The first kappa shape index (κ1) is 18.8. The summed E-state index contributed by atoms with van der Waals surface area (Å²) in [4.78, 5) is 12.1. The Morgan fingerprint density at radius 3 is 2.46 bits per heavy atom. The second-order valence-electron chi connectivity index (χ2n) is 8.34. The molecule has 28 heavy (non-hydrogen) atoms. The Labute approximate surface area is 175 Å². The summed E-state index contributed by atoms with van der Waals surface area (Å²) >= 11 is 3.56. The molecule has 0 amide bonds. The molecule has 152 valence electrons. The number of rotatable bonds is 4. The van der Waals surface area contributed by atoms with Gasteiger partial charge in [0, 0.05) is 49.7 Å². The molecule has 5 rings (SSSR count). The molecule has 0 aliphatic carbocycles. The van der Waals surface area contributed by atoms with Crippen LogP contribution in [0, 0.1) is 0 Å². The van der Waals surface area contributed by atoms with Gasteiger partial charge in [0.05, 0.1) is 0 Å². The van der Waals surface area contributed by atoms with Crippen LogP contribution in [0.5, 0.6) is 0 Å². The normalized spacial score (nSPS) is 25.4. The van der Waals surface area contributed by atoms with E-state index in [0.29, 0.717) is 5.92 Å². The van der Waals surface area contributed by atoms with Crippen LogP contribution in [0.1, 0.15) is 55.9 Å². The molecular weight excluding hydrogens is 388 g/mol. The van der Waals surface area contributed by atoms with Crippen LogP contribution in [0.4, 0.5) is 10.3 Å². The van der Waals surface area contributed by atoms with Crippen LogP contribution in [0.2, 0.25) is 0 Å². The molecule has 1 atom stereocenters. The standard InChI is InChI=1S/C20H30N6S2/c1-2-9-24(10-3-1)17-6-12-25(13-7-17)20-23-22-18(28-20)16-5-4-11-26(15-16)19-21-8-14-27-19/h8,14,16-17H,1-7,9-13,15H2/t16-/m1/s1. The van der Waals surface area contributed by atoms with Gasteiger partial charge in [0.1, 0.15) is 5.01 Å². The van der Waals surface area contributed by atoms with E-state index in [1.165, 1.54) is 63.0 Å². The molecule has 0 unspecified atom stereocenters. The smallest absolute Gasteiger partial charge is 0.208 e. The van der Waals surface area contributed by atoms with Gasteiger partial charge in [0.15, 0.2) is 5.13 Å². The average molecular weight is 419 g/mol. The fraction of sp³-hybridized carbons (Fsp3) is 0.750. The van der Waals surface area contributed by atoms with Gasteiger partial charge in [-0.1, -0.05) is 17.8 Å². The highest BCUT2D eigenvalue weighted by Gasteiger charge is 2.29. The van der Waals surface area contributed by atoms with Crippen molar-refractivity contribution < 1.29 is 0 Å². The number of likely N-dealkylation sites (tertiary alicyclic amines) is 1. The van der Waals surface area contributed by atoms with Gasteiger partial charge in [0.2, 0.25) is 5.13 Å². The maximum absolute atomic E-state index is 4.61. The zero-order valence-corrected chi connectivity index (χ0v) is 18.1. The van der Waals surface area contributed by atoms with Crippen molar-refractivity contribution in [2.75, 3.05) is 49.1 Å². The zero-order chi connectivity index (χ0) is 18.8. The molecule has 3 fully saturated rings. The second kappa shape index (κ2) is 8.63. The van der Waals surface area contributed by atoms with E-state index in [4.69, 9.17) is 0 Å². The van der Waals surface area contributed by atoms with Gasteiger partial charge in [-0.3, -0.25) is 0 Å². The Morgan fingerprint density at radius 2 is 1.68 bits per heavy atom. The molecule has 3 saturated heterocycles. The van der Waals surface area contributed by atoms with E-state index in [-0.39, 0.29) is 0 Å². The van der Waals surface area contributed by atoms with Gasteiger partial charge in [-0.25, -0.2) is 4.98 Å². The van der Waals surface area contributed by atoms with Crippen LogP contribution < -0.4 is 9.80 Å². The third-order valence-electron chi connectivity index (χ3n) is 6.53. The lowest BCUT2D eigenvalue weighted by Gasteiger charge is -2.40. The summed E-state index contributed by atoms with van der Waals surface area (Å²) in [6.45, 7) is 7.02. The molecule has 8 heteroatoms. The maximum Gasteiger partial charge on any atom is 0.208 e. The molecule has 3 aliphatic heterocycles. The number of aromatic nitrogens is 3. The highest BCUT2D eigenvalue weighted by Crippen LogP contribution is 2.35. The molecular formula is C20H30N6S2. The summed E-state index contributed by atoms with van der Waals surface area (Å²) in [5, 5.41) is 14.8. The Hall–Kier alpha value is -1.25. The SMILES string of the molecule is c1csc(N2CCC[C@@H](c3nnc(N4CCC(N5CCCCC5)CC4)s3)C2)n1. The Kier molecular flexibility index (Phi) is 5.78. The van der Waals surface area contributed by atoms with Crippen LogP contribution in [-0.2, 0) is 0 Å². The third kappa shape index (κ3) is 4.04. The highest BCUT2D eigenvalue weighted by atomic mass is 32.1. The van der Waals surface area contributed by atoms with Gasteiger partial charge < -0.3 is 14.7 Å². The van der Waals surface area contributed by atoms with Crippen molar-refractivity contribution in [3.05, 3.63) is 16.6 Å². The highest BCUT2D eigenvalue weighted by molar-refractivity contribution is 7.15. The first-order valence-corrected chi connectivity index (χ1v) is 12.5. The molecule has 0 aromatic carbocycles. The molecule has 0 radical (unpaired) electrons. The summed E-state index contributed by atoms with van der Waals surface area (Å²) in [7, 11) is 0. The topological polar surface area (TPSA) is 48.4 Å². The van der Waals surface area contributed by atoms with E-state index >= 15 is 0 Å². The molecule has 3 aliphatic rings. The van der Waals surface area contributed by atoms with E-state index in [9.17, 15) is 0 Å². The minimum absolute atomic E-state index is 0.495. The lowest BCUT2D eigenvalue weighted by Crippen LogP contribution is -2.46. The van der Waals surface area contributed by atoms with E-state index in [1.807, 2.05) is 17.5 Å². The van der Waals surface area contributed by atoms with E-state index < -0.39 is 0 Å².